The summed E-state index contributed by atoms with van der Waals surface area (Å²) in [4.78, 5) is 4.21. The van der Waals surface area contributed by atoms with E-state index in [-0.39, 0.29) is 5.41 Å². The fourth-order valence-electron chi connectivity index (χ4n) is 4.45. The summed E-state index contributed by atoms with van der Waals surface area (Å²) in [6, 6.07) is 15.0. The lowest BCUT2D eigenvalue weighted by atomic mass is 9.77. The second-order valence-corrected chi connectivity index (χ2v) is 8.30. The molecule has 2 heterocycles. The van der Waals surface area contributed by atoms with Gasteiger partial charge in [-0.05, 0) is 71.0 Å². The first-order valence-corrected chi connectivity index (χ1v) is 11.0. The Bertz CT molecular complexity index is 1260. The zero-order chi connectivity index (χ0) is 21.3. The van der Waals surface area contributed by atoms with Crippen molar-refractivity contribution in [3.8, 4) is 5.69 Å². The van der Waals surface area contributed by atoms with Crippen molar-refractivity contribution in [1.29, 1.82) is 5.41 Å². The molecule has 0 saturated heterocycles. The highest BCUT2D eigenvalue weighted by molar-refractivity contribution is 14.1. The topological polar surface area (TPSA) is 40.1 Å². The van der Waals surface area contributed by atoms with Crippen LogP contribution >= 0.6 is 22.6 Å². The molecule has 0 radical (unpaired) electrons. The molecule has 1 aliphatic rings. The number of nitrogens with zero attached hydrogens (tertiary/aromatic N) is 2. The zero-order valence-corrected chi connectivity index (χ0v) is 19.2. The van der Waals surface area contributed by atoms with E-state index in [9.17, 15) is 0 Å². The Morgan fingerprint density at radius 2 is 1.97 bits per heavy atom. The smallest absolute Gasteiger partial charge is 0.215 e. The van der Waals surface area contributed by atoms with Gasteiger partial charge in [-0.3, -0.25) is 4.99 Å². The lowest BCUT2D eigenvalue weighted by molar-refractivity contribution is -0.599. The standard InChI is InChI=1S/C26H23IN3/c1-4-5-10-21(28)23-19(13-15-29-17-27)14-16-30-22-12-11-18-8-6-7-9-20(18)24(22)26(2,3)25(23)30/h4-17,28H,1H2,2-3H3/q+1/b10-5-,28-21?. The lowest BCUT2D eigenvalue weighted by Gasteiger charge is -2.19. The maximum atomic E-state index is 8.85. The molecule has 1 N–H and O–H groups in total. The molecule has 4 heteroatoms. The fraction of sp³-hybridized carbons (Fsp3) is 0.115. The second-order valence-electron chi connectivity index (χ2n) is 7.74. The number of nitrogens with one attached hydrogen (secondary N) is 1. The highest BCUT2D eigenvalue weighted by atomic mass is 127. The van der Waals surface area contributed by atoms with Gasteiger partial charge >= 0.3 is 0 Å². The van der Waals surface area contributed by atoms with Gasteiger partial charge in [-0.25, -0.2) is 0 Å². The van der Waals surface area contributed by atoms with Gasteiger partial charge in [0.25, 0.3) is 0 Å². The van der Waals surface area contributed by atoms with E-state index >= 15 is 0 Å². The Hall–Kier alpha value is -2.86. The van der Waals surface area contributed by atoms with Crippen LogP contribution in [0.25, 0.3) is 22.5 Å². The fourth-order valence-corrected chi connectivity index (χ4v) is 4.63. The Balaban J connectivity index is 2.05. The van der Waals surface area contributed by atoms with Gasteiger partial charge in [-0.2, -0.15) is 4.57 Å². The normalized spacial score (nSPS) is 14.6. The van der Waals surface area contributed by atoms with Crippen molar-refractivity contribution >= 4 is 49.4 Å². The van der Waals surface area contributed by atoms with Gasteiger partial charge in [0.2, 0.25) is 11.4 Å². The van der Waals surface area contributed by atoms with E-state index in [4.69, 9.17) is 5.41 Å². The summed E-state index contributed by atoms with van der Waals surface area (Å²) in [7, 11) is 0. The molecule has 148 valence electrons. The lowest BCUT2D eigenvalue weighted by Crippen LogP contribution is -2.37. The van der Waals surface area contributed by atoms with Gasteiger partial charge in [0, 0.05) is 23.9 Å². The van der Waals surface area contributed by atoms with E-state index < -0.39 is 0 Å². The van der Waals surface area contributed by atoms with E-state index in [1.807, 2.05) is 12.2 Å². The number of hydrogen-bond donors (Lipinski definition) is 1. The molecule has 0 aliphatic carbocycles. The quantitative estimate of drug-likeness (QED) is 0.183. The molecular weight excluding hydrogens is 481 g/mol. The number of hydrogen-bond acceptors (Lipinski definition) is 2. The third-order valence-corrected chi connectivity index (χ3v) is 5.94. The summed E-state index contributed by atoms with van der Waals surface area (Å²) in [6.45, 7) is 8.26. The number of benzene rings is 2. The molecule has 0 amide bonds. The molecule has 30 heavy (non-hydrogen) atoms. The van der Waals surface area contributed by atoms with Crippen LogP contribution < -0.4 is 4.57 Å². The van der Waals surface area contributed by atoms with Crippen LogP contribution in [0.5, 0.6) is 0 Å². The molecule has 0 fully saturated rings. The van der Waals surface area contributed by atoms with Crippen molar-refractivity contribution in [2.45, 2.75) is 19.3 Å². The first kappa shape index (κ1) is 20.4. The summed E-state index contributed by atoms with van der Waals surface area (Å²) >= 11 is 2.10. The number of allylic oxidation sites excluding steroid dienone is 3. The van der Waals surface area contributed by atoms with Crippen LogP contribution in [0.4, 0.5) is 0 Å². The van der Waals surface area contributed by atoms with Crippen molar-refractivity contribution in [1.82, 2.24) is 0 Å². The molecule has 0 saturated carbocycles. The van der Waals surface area contributed by atoms with Crippen molar-refractivity contribution in [2.24, 2.45) is 4.99 Å². The number of rotatable bonds is 5. The maximum Gasteiger partial charge on any atom is 0.215 e. The van der Waals surface area contributed by atoms with Crippen LogP contribution in [0.3, 0.4) is 0 Å². The predicted octanol–water partition coefficient (Wildman–Crippen LogP) is 6.30. The molecule has 3 nitrogen and oxygen atoms in total. The minimum absolute atomic E-state index is 0.268. The molecule has 0 atom stereocenters. The van der Waals surface area contributed by atoms with E-state index in [0.717, 1.165) is 16.8 Å². The molecule has 0 bridgehead atoms. The average molecular weight is 504 g/mol. The molecule has 4 rings (SSSR count). The Kier molecular flexibility index (Phi) is 5.52. The molecule has 0 unspecified atom stereocenters. The summed E-state index contributed by atoms with van der Waals surface area (Å²) < 4.78 is 3.97. The van der Waals surface area contributed by atoms with Gasteiger partial charge in [0.05, 0.1) is 20.9 Å². The third kappa shape index (κ3) is 3.25. The van der Waals surface area contributed by atoms with Gasteiger partial charge in [-0.15, -0.1) is 0 Å². The number of halogens is 1. The Morgan fingerprint density at radius 1 is 1.17 bits per heavy atom. The van der Waals surface area contributed by atoms with Crippen LogP contribution in [-0.4, -0.2) is 9.93 Å². The first-order chi connectivity index (χ1) is 14.5. The highest BCUT2D eigenvalue weighted by Gasteiger charge is 2.47. The Labute approximate surface area is 190 Å². The maximum absolute atomic E-state index is 8.85. The van der Waals surface area contributed by atoms with Crippen molar-refractivity contribution in [2.75, 3.05) is 0 Å². The minimum atomic E-state index is -0.268. The summed E-state index contributed by atoms with van der Waals surface area (Å²) in [6.07, 6.45) is 11.2. The van der Waals surface area contributed by atoms with Crippen LogP contribution in [-0.2, 0) is 5.41 Å². The molecule has 2 aromatic carbocycles. The first-order valence-electron chi connectivity index (χ1n) is 9.79. The van der Waals surface area contributed by atoms with Crippen molar-refractivity contribution in [3.63, 3.8) is 0 Å². The number of pyridine rings is 1. The molecule has 1 aliphatic heterocycles. The van der Waals surface area contributed by atoms with Crippen molar-refractivity contribution < 1.29 is 4.57 Å². The monoisotopic (exact) mass is 504 g/mol. The second kappa shape index (κ2) is 8.11. The minimum Gasteiger partial charge on any atom is -0.300 e. The van der Waals surface area contributed by atoms with Gasteiger partial charge in [0.1, 0.15) is 0 Å². The summed E-state index contributed by atoms with van der Waals surface area (Å²) in [5.74, 6) is 0. The van der Waals surface area contributed by atoms with Crippen molar-refractivity contribution in [3.05, 3.63) is 102 Å². The van der Waals surface area contributed by atoms with E-state index in [1.54, 1.807) is 22.6 Å². The molecule has 1 aromatic heterocycles. The zero-order valence-electron chi connectivity index (χ0n) is 17.1. The number of fused-ring (bicyclic) bond motifs is 5. The number of aromatic nitrogens is 1. The van der Waals surface area contributed by atoms with E-state index in [1.165, 1.54) is 22.0 Å². The van der Waals surface area contributed by atoms with Gasteiger partial charge in [-0.1, -0.05) is 43.0 Å². The number of aliphatic imine (C=N–C) groups is 1. The van der Waals surface area contributed by atoms with Crippen LogP contribution in [0.1, 0.15) is 36.2 Å². The summed E-state index contributed by atoms with van der Waals surface area (Å²) in [5.41, 5.74) is 5.68. The summed E-state index contributed by atoms with van der Waals surface area (Å²) in [5, 5.41) is 11.3. The van der Waals surface area contributed by atoms with Gasteiger partial charge in [0.15, 0.2) is 6.20 Å². The SMILES string of the molecule is C=C/C=C\C(=N)c1c(/C=C\N=C\I)cc[n+]2c1C(C)(C)c1c-2ccc2ccccc12. The highest BCUT2D eigenvalue weighted by Crippen LogP contribution is 2.44. The predicted molar refractivity (Wildman–Crippen MR) is 135 cm³/mol. The molecule has 3 aromatic rings. The Morgan fingerprint density at radius 3 is 2.73 bits per heavy atom. The van der Waals surface area contributed by atoms with Crippen LogP contribution in [0.2, 0.25) is 0 Å². The largest absolute Gasteiger partial charge is 0.300 e. The van der Waals surface area contributed by atoms with E-state index in [2.05, 4.69) is 101 Å². The molecular formula is C26H23IN3+. The van der Waals surface area contributed by atoms with Crippen LogP contribution in [0, 0.1) is 5.41 Å². The average Bonchev–Trinajstić information content (AvgIpc) is 2.99. The molecule has 0 spiro atoms. The van der Waals surface area contributed by atoms with Crippen LogP contribution in [0.15, 0.2) is 84.7 Å². The van der Waals surface area contributed by atoms with E-state index in [0.29, 0.717) is 5.71 Å². The van der Waals surface area contributed by atoms with Gasteiger partial charge < -0.3 is 5.41 Å². The third-order valence-electron chi connectivity index (χ3n) is 5.62.